The molecule has 0 saturated carbocycles. The minimum Gasteiger partial charge on any atom is -0.488 e. The van der Waals surface area contributed by atoms with Crippen molar-refractivity contribution in [1.82, 2.24) is 0 Å². The number of benzene rings is 2. The largest absolute Gasteiger partial charge is 0.488 e. The molecule has 2 aromatic carbocycles. The van der Waals surface area contributed by atoms with Crippen LogP contribution in [0.2, 0.25) is 0 Å². The molecule has 0 amide bonds. The van der Waals surface area contributed by atoms with Gasteiger partial charge in [0.15, 0.2) is 0 Å². The SMILES string of the molecule is CCOC(=O)Cc1c(F)cccc1OCc1cc(Br)c2occc2c1. The average molecular weight is 407 g/mol. The van der Waals surface area contributed by atoms with Gasteiger partial charge in [-0.05, 0) is 58.7 Å². The van der Waals surface area contributed by atoms with Gasteiger partial charge in [0, 0.05) is 10.9 Å². The predicted octanol–water partition coefficient (Wildman–Crippen LogP) is 5.02. The number of fused-ring (bicyclic) bond motifs is 1. The summed E-state index contributed by atoms with van der Waals surface area (Å²) >= 11 is 3.46. The molecule has 0 spiro atoms. The van der Waals surface area contributed by atoms with Crippen molar-refractivity contribution in [2.24, 2.45) is 0 Å². The van der Waals surface area contributed by atoms with E-state index in [1.165, 1.54) is 6.07 Å². The molecule has 130 valence electrons. The van der Waals surface area contributed by atoms with Gasteiger partial charge in [-0.25, -0.2) is 4.39 Å². The van der Waals surface area contributed by atoms with Crippen LogP contribution in [0.4, 0.5) is 4.39 Å². The van der Waals surface area contributed by atoms with Crippen LogP contribution >= 0.6 is 15.9 Å². The van der Waals surface area contributed by atoms with Crippen molar-refractivity contribution >= 4 is 32.9 Å². The van der Waals surface area contributed by atoms with Crippen LogP contribution in [0.5, 0.6) is 5.75 Å². The Morgan fingerprint density at radius 3 is 2.92 bits per heavy atom. The Labute approximate surface area is 152 Å². The molecule has 0 saturated heterocycles. The Balaban J connectivity index is 1.80. The lowest BCUT2D eigenvalue weighted by Crippen LogP contribution is -2.10. The zero-order valence-corrected chi connectivity index (χ0v) is 15.1. The lowest BCUT2D eigenvalue weighted by Gasteiger charge is -2.12. The second kappa shape index (κ2) is 7.70. The first kappa shape index (κ1) is 17.5. The lowest BCUT2D eigenvalue weighted by molar-refractivity contribution is -0.142. The summed E-state index contributed by atoms with van der Waals surface area (Å²) in [5, 5.41) is 0.943. The fourth-order valence-corrected chi connectivity index (χ4v) is 3.16. The van der Waals surface area contributed by atoms with E-state index in [1.807, 2.05) is 18.2 Å². The molecule has 1 heterocycles. The first-order valence-corrected chi connectivity index (χ1v) is 8.59. The van der Waals surface area contributed by atoms with Gasteiger partial charge in [0.05, 0.1) is 23.8 Å². The number of furan rings is 1. The van der Waals surface area contributed by atoms with Crippen molar-refractivity contribution in [2.75, 3.05) is 6.61 Å². The first-order chi connectivity index (χ1) is 12.1. The average Bonchev–Trinajstić information content (AvgIpc) is 3.05. The van der Waals surface area contributed by atoms with Gasteiger partial charge in [0.1, 0.15) is 23.8 Å². The van der Waals surface area contributed by atoms with Crippen LogP contribution in [0.1, 0.15) is 18.1 Å². The summed E-state index contributed by atoms with van der Waals surface area (Å²) in [6.07, 6.45) is 1.45. The molecule has 4 nitrogen and oxygen atoms in total. The van der Waals surface area contributed by atoms with Gasteiger partial charge in [-0.15, -0.1) is 0 Å². The van der Waals surface area contributed by atoms with Gasteiger partial charge in [-0.1, -0.05) is 6.07 Å². The van der Waals surface area contributed by atoms with E-state index in [0.29, 0.717) is 5.75 Å². The molecule has 0 unspecified atom stereocenters. The number of carbonyl (C=O) groups is 1. The number of esters is 1. The second-order valence-electron chi connectivity index (χ2n) is 5.40. The topological polar surface area (TPSA) is 48.7 Å². The summed E-state index contributed by atoms with van der Waals surface area (Å²) in [6.45, 7) is 2.20. The highest BCUT2D eigenvalue weighted by molar-refractivity contribution is 9.10. The summed E-state index contributed by atoms with van der Waals surface area (Å²) in [7, 11) is 0. The van der Waals surface area contributed by atoms with Gasteiger partial charge in [0.2, 0.25) is 0 Å². The minimum atomic E-state index is -0.489. The second-order valence-corrected chi connectivity index (χ2v) is 6.26. The van der Waals surface area contributed by atoms with E-state index in [0.717, 1.165) is 21.0 Å². The number of ether oxygens (including phenoxy) is 2. The van der Waals surface area contributed by atoms with Crippen LogP contribution in [-0.2, 0) is 22.6 Å². The Kier molecular flexibility index (Phi) is 5.38. The van der Waals surface area contributed by atoms with Crippen LogP contribution < -0.4 is 4.74 Å². The molecule has 25 heavy (non-hydrogen) atoms. The fourth-order valence-electron chi connectivity index (χ4n) is 2.54. The minimum absolute atomic E-state index is 0.166. The van der Waals surface area contributed by atoms with E-state index in [-0.39, 0.29) is 25.2 Å². The summed E-state index contributed by atoms with van der Waals surface area (Å²) in [6, 6.07) is 10.2. The Bertz CT molecular complexity index is 904. The normalized spacial score (nSPS) is 10.8. The van der Waals surface area contributed by atoms with Crippen molar-refractivity contribution in [3.63, 3.8) is 0 Å². The molecule has 0 bridgehead atoms. The number of carbonyl (C=O) groups excluding carboxylic acids is 1. The van der Waals surface area contributed by atoms with Gasteiger partial charge < -0.3 is 13.9 Å². The molecule has 1 aromatic heterocycles. The van der Waals surface area contributed by atoms with E-state index >= 15 is 0 Å². The highest BCUT2D eigenvalue weighted by atomic mass is 79.9. The molecule has 0 aliphatic heterocycles. The summed E-state index contributed by atoms with van der Waals surface area (Å²) in [4.78, 5) is 11.7. The summed E-state index contributed by atoms with van der Waals surface area (Å²) < 4.78 is 31.0. The number of hydrogen-bond donors (Lipinski definition) is 0. The zero-order chi connectivity index (χ0) is 17.8. The van der Waals surface area contributed by atoms with E-state index in [4.69, 9.17) is 13.9 Å². The van der Waals surface area contributed by atoms with E-state index in [2.05, 4.69) is 15.9 Å². The van der Waals surface area contributed by atoms with Gasteiger partial charge in [0.25, 0.3) is 0 Å². The van der Waals surface area contributed by atoms with Crippen molar-refractivity contribution in [3.05, 3.63) is 64.1 Å². The first-order valence-electron chi connectivity index (χ1n) is 7.80. The smallest absolute Gasteiger partial charge is 0.310 e. The summed E-state index contributed by atoms with van der Waals surface area (Å²) in [5.41, 5.74) is 1.86. The van der Waals surface area contributed by atoms with E-state index in [1.54, 1.807) is 25.3 Å². The molecule has 0 atom stereocenters. The highest BCUT2D eigenvalue weighted by Crippen LogP contribution is 2.28. The Hall–Kier alpha value is -2.34. The highest BCUT2D eigenvalue weighted by Gasteiger charge is 2.15. The third-order valence-corrected chi connectivity index (χ3v) is 4.25. The maximum atomic E-state index is 14.1. The maximum Gasteiger partial charge on any atom is 0.310 e. The maximum absolute atomic E-state index is 14.1. The third-order valence-electron chi connectivity index (χ3n) is 3.66. The standard InChI is InChI=1S/C19H16BrFO4/c1-2-23-18(22)10-14-16(21)4-3-5-17(14)25-11-12-8-13-6-7-24-19(13)15(20)9-12/h3-9H,2,10-11H2,1H3. The third kappa shape index (κ3) is 4.02. The number of rotatable bonds is 6. The molecular weight excluding hydrogens is 391 g/mol. The van der Waals surface area contributed by atoms with Crippen molar-refractivity contribution in [3.8, 4) is 5.75 Å². The van der Waals surface area contributed by atoms with Crippen LogP contribution in [0, 0.1) is 5.82 Å². The molecule has 0 N–H and O–H groups in total. The van der Waals surface area contributed by atoms with Gasteiger partial charge >= 0.3 is 5.97 Å². The summed E-state index contributed by atoms with van der Waals surface area (Å²) in [5.74, 6) is -0.645. The van der Waals surface area contributed by atoms with Crippen LogP contribution in [-0.4, -0.2) is 12.6 Å². The number of hydrogen-bond acceptors (Lipinski definition) is 4. The molecule has 0 radical (unpaired) electrons. The molecule has 0 aliphatic carbocycles. The molecule has 6 heteroatoms. The lowest BCUT2D eigenvalue weighted by atomic mass is 10.1. The number of halogens is 2. The van der Waals surface area contributed by atoms with Crippen LogP contribution in [0.3, 0.4) is 0 Å². The van der Waals surface area contributed by atoms with Crippen LogP contribution in [0.15, 0.2) is 51.6 Å². The van der Waals surface area contributed by atoms with Gasteiger partial charge in [-0.2, -0.15) is 0 Å². The molecule has 3 aromatic rings. The predicted molar refractivity (Wildman–Crippen MR) is 95.0 cm³/mol. The van der Waals surface area contributed by atoms with E-state index < -0.39 is 11.8 Å². The Morgan fingerprint density at radius 1 is 1.28 bits per heavy atom. The zero-order valence-electron chi connectivity index (χ0n) is 13.6. The van der Waals surface area contributed by atoms with Crippen molar-refractivity contribution in [1.29, 1.82) is 0 Å². The van der Waals surface area contributed by atoms with Crippen molar-refractivity contribution in [2.45, 2.75) is 20.0 Å². The fraction of sp³-hybridized carbons (Fsp3) is 0.211. The molecular formula is C19H16BrFO4. The molecule has 0 aliphatic rings. The quantitative estimate of drug-likeness (QED) is 0.539. The van der Waals surface area contributed by atoms with Crippen LogP contribution in [0.25, 0.3) is 11.0 Å². The molecule has 0 fully saturated rings. The van der Waals surface area contributed by atoms with Gasteiger partial charge in [-0.3, -0.25) is 4.79 Å². The monoisotopic (exact) mass is 406 g/mol. The molecule has 3 rings (SSSR count). The Morgan fingerprint density at radius 2 is 2.12 bits per heavy atom. The van der Waals surface area contributed by atoms with E-state index in [9.17, 15) is 9.18 Å². The van der Waals surface area contributed by atoms with Crippen molar-refractivity contribution < 1.29 is 23.1 Å².